The van der Waals surface area contributed by atoms with Crippen LogP contribution in [-0.4, -0.2) is 85.5 Å². The molecule has 4 rings (SSSR count). The summed E-state index contributed by atoms with van der Waals surface area (Å²) in [6.07, 6.45) is 1.81. The molecule has 1 aromatic heterocycles. The first-order valence-corrected chi connectivity index (χ1v) is 16.1. The maximum atomic E-state index is 13.4. The number of amides is 1. The van der Waals surface area contributed by atoms with Crippen LogP contribution >= 0.6 is 0 Å². The molecule has 0 unspecified atom stereocenters. The Morgan fingerprint density at radius 1 is 1.19 bits per heavy atom. The van der Waals surface area contributed by atoms with Gasteiger partial charge in [0.15, 0.2) is 5.03 Å². The summed E-state index contributed by atoms with van der Waals surface area (Å²) in [6, 6.07) is 8.46. The highest BCUT2D eigenvalue weighted by Crippen LogP contribution is 2.30. The number of hydrogen-bond donors (Lipinski definition) is 2. The average molecular weight is 624 g/mol. The number of halogens is 1. The van der Waals surface area contributed by atoms with Crippen LogP contribution in [0, 0.1) is 11.7 Å². The number of likely N-dealkylation sites (N-methyl/N-ethyl adjacent to an activating group) is 1. The Balaban J connectivity index is 1.68. The average Bonchev–Trinajstić information content (AvgIpc) is 3.40. The van der Waals surface area contributed by atoms with Crippen molar-refractivity contribution in [3.8, 4) is 5.75 Å². The van der Waals surface area contributed by atoms with Gasteiger partial charge in [-0.15, -0.1) is 0 Å². The number of aromatic nitrogens is 2. The van der Waals surface area contributed by atoms with Crippen LogP contribution in [0.4, 0.5) is 10.1 Å². The molecule has 2 heterocycles. The summed E-state index contributed by atoms with van der Waals surface area (Å²) in [6.45, 7) is 3.28. The molecule has 0 saturated carbocycles. The van der Waals surface area contributed by atoms with Gasteiger partial charge in [-0.1, -0.05) is 6.92 Å². The highest BCUT2D eigenvalue weighted by atomic mass is 32.2. The van der Waals surface area contributed by atoms with Crippen molar-refractivity contribution in [2.45, 2.75) is 42.3 Å². The Labute approximate surface area is 244 Å². The van der Waals surface area contributed by atoms with Gasteiger partial charge in [0.25, 0.3) is 10.0 Å². The van der Waals surface area contributed by atoms with Crippen molar-refractivity contribution in [2.75, 3.05) is 31.5 Å². The number of imidazole rings is 1. The highest BCUT2D eigenvalue weighted by molar-refractivity contribution is 7.92. The standard InChI is InChI=1S/C27H34FN5O7S2/c1-18-13-33(19(2)16-34)27(35)12-20-11-22(30-41(36,37)26-15-31(3)17-29-26)7-10-24(20)40-25(18)14-32(4)42(38,39)23-8-5-21(28)6-9-23/h5-11,15,17-19,25,30,34H,12-14,16H2,1-4H3/t18-,19-,25+/m1/s1. The van der Waals surface area contributed by atoms with Crippen molar-refractivity contribution in [3.05, 3.63) is 66.4 Å². The number of benzene rings is 2. The number of aryl methyl sites for hydroxylation is 1. The topological polar surface area (TPSA) is 151 Å². The zero-order valence-corrected chi connectivity index (χ0v) is 25.3. The number of nitrogens with one attached hydrogen (secondary N) is 1. The molecule has 1 aliphatic rings. The van der Waals surface area contributed by atoms with Gasteiger partial charge in [0.05, 0.1) is 36.8 Å². The molecule has 0 spiro atoms. The first kappa shape index (κ1) is 31.4. The molecular weight excluding hydrogens is 589 g/mol. The molecule has 0 aliphatic carbocycles. The summed E-state index contributed by atoms with van der Waals surface area (Å²) in [5, 5.41) is 9.66. The van der Waals surface area contributed by atoms with Crippen molar-refractivity contribution in [3.63, 3.8) is 0 Å². The maximum absolute atomic E-state index is 13.4. The van der Waals surface area contributed by atoms with Crippen LogP contribution in [0.15, 0.2) is 64.9 Å². The van der Waals surface area contributed by atoms with E-state index in [-0.39, 0.29) is 59.3 Å². The van der Waals surface area contributed by atoms with Crippen molar-refractivity contribution in [1.82, 2.24) is 18.8 Å². The lowest BCUT2D eigenvalue weighted by Gasteiger charge is -2.33. The van der Waals surface area contributed by atoms with Crippen LogP contribution in [0.2, 0.25) is 0 Å². The van der Waals surface area contributed by atoms with Crippen LogP contribution < -0.4 is 9.46 Å². The zero-order chi connectivity index (χ0) is 30.8. The Morgan fingerprint density at radius 2 is 1.88 bits per heavy atom. The summed E-state index contributed by atoms with van der Waals surface area (Å²) in [4.78, 5) is 18.7. The normalized spacial score (nSPS) is 18.9. The van der Waals surface area contributed by atoms with E-state index in [9.17, 15) is 31.1 Å². The van der Waals surface area contributed by atoms with E-state index in [0.29, 0.717) is 5.56 Å². The quantitative estimate of drug-likeness (QED) is 0.367. The second-order valence-corrected chi connectivity index (χ2v) is 14.1. The Kier molecular flexibility index (Phi) is 9.25. The SMILES string of the molecule is C[C@@H]1CN([C@H](C)CO)C(=O)Cc2cc(NS(=O)(=O)c3cn(C)cn3)ccc2O[C@H]1CN(C)S(=O)(=O)c1ccc(F)cc1. The molecule has 0 fully saturated rings. The van der Waals surface area contributed by atoms with Gasteiger partial charge in [-0.3, -0.25) is 9.52 Å². The molecule has 228 valence electrons. The van der Waals surface area contributed by atoms with Gasteiger partial charge in [0.2, 0.25) is 15.9 Å². The molecule has 42 heavy (non-hydrogen) atoms. The first-order valence-electron chi connectivity index (χ1n) is 13.1. The summed E-state index contributed by atoms with van der Waals surface area (Å²) in [5.74, 6) is -0.981. The number of carbonyl (C=O) groups is 1. The van der Waals surface area contributed by atoms with E-state index in [0.717, 1.165) is 16.4 Å². The van der Waals surface area contributed by atoms with Crippen molar-refractivity contribution >= 4 is 31.6 Å². The number of hydrogen-bond acceptors (Lipinski definition) is 8. The summed E-state index contributed by atoms with van der Waals surface area (Å²) < 4.78 is 77.0. The second kappa shape index (κ2) is 12.4. The van der Waals surface area contributed by atoms with Crippen LogP contribution in [0.3, 0.4) is 0 Å². The lowest BCUT2D eigenvalue weighted by molar-refractivity contribution is -0.134. The minimum atomic E-state index is -4.01. The number of sulfonamides is 2. The van der Waals surface area contributed by atoms with Gasteiger partial charge in [0.1, 0.15) is 17.7 Å². The number of rotatable bonds is 9. The van der Waals surface area contributed by atoms with Gasteiger partial charge in [-0.05, 0) is 49.4 Å². The predicted octanol–water partition coefficient (Wildman–Crippen LogP) is 1.83. The number of aliphatic hydroxyl groups excluding tert-OH is 1. The van der Waals surface area contributed by atoms with Gasteiger partial charge < -0.3 is 19.3 Å². The number of carbonyl (C=O) groups excluding carboxylic acids is 1. The summed E-state index contributed by atoms with van der Waals surface area (Å²) in [5.41, 5.74) is 0.553. The van der Waals surface area contributed by atoms with Gasteiger partial charge in [0, 0.05) is 44.0 Å². The van der Waals surface area contributed by atoms with Crippen molar-refractivity contribution < 1.29 is 35.9 Å². The monoisotopic (exact) mass is 623 g/mol. The van der Waals surface area contributed by atoms with Gasteiger partial charge >= 0.3 is 0 Å². The molecule has 15 heteroatoms. The number of nitrogens with zero attached hydrogens (tertiary/aromatic N) is 4. The third-order valence-electron chi connectivity index (χ3n) is 7.08. The third kappa shape index (κ3) is 6.91. The predicted molar refractivity (Wildman–Crippen MR) is 152 cm³/mol. The number of fused-ring (bicyclic) bond motifs is 1. The van der Waals surface area contributed by atoms with Crippen LogP contribution in [0.1, 0.15) is 19.4 Å². The van der Waals surface area contributed by atoms with E-state index in [2.05, 4.69) is 9.71 Å². The molecule has 3 atom stereocenters. The fourth-order valence-electron chi connectivity index (χ4n) is 4.58. The zero-order valence-electron chi connectivity index (χ0n) is 23.6. The fourth-order valence-corrected chi connectivity index (χ4v) is 6.80. The molecular formula is C27H34FN5O7S2. The Morgan fingerprint density at radius 3 is 2.50 bits per heavy atom. The smallest absolute Gasteiger partial charge is 0.280 e. The lowest BCUT2D eigenvalue weighted by atomic mass is 10.0. The van der Waals surface area contributed by atoms with Crippen LogP contribution in [0.5, 0.6) is 5.75 Å². The number of anilines is 1. The molecule has 0 radical (unpaired) electrons. The van der Waals surface area contributed by atoms with E-state index < -0.39 is 38.0 Å². The second-order valence-electron chi connectivity index (χ2n) is 10.4. The van der Waals surface area contributed by atoms with E-state index >= 15 is 0 Å². The van der Waals surface area contributed by atoms with E-state index in [1.54, 1.807) is 14.0 Å². The van der Waals surface area contributed by atoms with Gasteiger partial charge in [-0.2, -0.15) is 12.7 Å². The molecule has 12 nitrogen and oxygen atoms in total. The van der Waals surface area contributed by atoms with E-state index in [4.69, 9.17) is 4.74 Å². The highest BCUT2D eigenvalue weighted by Gasteiger charge is 2.33. The Hall–Kier alpha value is -3.53. The molecule has 1 aliphatic heterocycles. The molecule has 2 N–H and O–H groups in total. The van der Waals surface area contributed by atoms with Crippen molar-refractivity contribution in [2.24, 2.45) is 13.0 Å². The minimum Gasteiger partial charge on any atom is -0.488 e. The Bertz CT molecular complexity index is 1650. The molecule has 0 bridgehead atoms. The molecule has 0 saturated heterocycles. The largest absolute Gasteiger partial charge is 0.488 e. The molecule has 1 amide bonds. The van der Waals surface area contributed by atoms with Crippen molar-refractivity contribution in [1.29, 1.82) is 0 Å². The number of ether oxygens (including phenoxy) is 1. The molecule has 2 aromatic carbocycles. The minimum absolute atomic E-state index is 0.0851. The van der Waals surface area contributed by atoms with Gasteiger partial charge in [-0.25, -0.2) is 17.8 Å². The third-order valence-corrected chi connectivity index (χ3v) is 10.2. The summed E-state index contributed by atoms with van der Waals surface area (Å²) in [7, 11) is -4.99. The van der Waals surface area contributed by atoms with E-state index in [1.165, 1.54) is 59.4 Å². The maximum Gasteiger partial charge on any atom is 0.280 e. The summed E-state index contributed by atoms with van der Waals surface area (Å²) >= 11 is 0. The lowest BCUT2D eigenvalue weighted by Crippen LogP contribution is -2.48. The van der Waals surface area contributed by atoms with Crippen LogP contribution in [0.25, 0.3) is 0 Å². The molecule has 3 aromatic rings. The number of aliphatic hydroxyl groups is 1. The van der Waals surface area contributed by atoms with Crippen LogP contribution in [-0.2, 0) is 38.3 Å². The first-order chi connectivity index (χ1) is 19.7. The fraction of sp³-hybridized carbons (Fsp3) is 0.407. The van der Waals surface area contributed by atoms with E-state index in [1.807, 2.05) is 6.92 Å².